The molecule has 1 heterocycles. The van der Waals surface area contributed by atoms with Gasteiger partial charge in [0.05, 0.1) is 5.56 Å². The molecular formula is C10H8F4N2O3. The van der Waals surface area contributed by atoms with Gasteiger partial charge >= 0.3 is 12.3 Å². The number of carbonyl (C=O) groups is 2. The van der Waals surface area contributed by atoms with Crippen molar-refractivity contribution in [3.63, 3.8) is 0 Å². The summed E-state index contributed by atoms with van der Waals surface area (Å²) in [5.74, 6) is -2.77. The van der Waals surface area contributed by atoms with Crippen LogP contribution in [0.25, 0.3) is 0 Å². The minimum Gasteiger partial charge on any atom is -0.465 e. The number of rotatable bonds is 4. The molecule has 0 aliphatic carbocycles. The SMILES string of the molecule is O=C(O)NCCC(=O)c1nccc(C(F)(F)F)c1F. The maximum Gasteiger partial charge on any atom is 0.419 e. The third kappa shape index (κ3) is 3.90. The normalized spacial score (nSPS) is 11.2. The Kier molecular flexibility index (Phi) is 4.41. The van der Waals surface area contributed by atoms with Gasteiger partial charge in [-0.15, -0.1) is 0 Å². The molecule has 5 nitrogen and oxygen atoms in total. The first kappa shape index (κ1) is 14.9. The quantitative estimate of drug-likeness (QED) is 0.653. The predicted octanol–water partition coefficient (Wildman–Crippen LogP) is 2.08. The van der Waals surface area contributed by atoms with Crippen LogP contribution in [-0.4, -0.2) is 28.5 Å². The zero-order valence-corrected chi connectivity index (χ0v) is 9.29. The van der Waals surface area contributed by atoms with Crippen LogP contribution in [-0.2, 0) is 6.18 Å². The fourth-order valence-corrected chi connectivity index (χ4v) is 1.26. The highest BCUT2D eigenvalue weighted by molar-refractivity contribution is 5.94. The average molecular weight is 280 g/mol. The number of carbonyl (C=O) groups excluding carboxylic acids is 1. The number of alkyl halides is 3. The van der Waals surface area contributed by atoms with Crippen molar-refractivity contribution in [1.82, 2.24) is 10.3 Å². The molecule has 0 bridgehead atoms. The Morgan fingerprint density at radius 2 is 2.00 bits per heavy atom. The number of pyridine rings is 1. The van der Waals surface area contributed by atoms with E-state index in [1.807, 2.05) is 5.32 Å². The van der Waals surface area contributed by atoms with Crippen molar-refractivity contribution in [2.45, 2.75) is 12.6 Å². The molecule has 1 rings (SSSR count). The summed E-state index contributed by atoms with van der Waals surface area (Å²) in [4.78, 5) is 24.8. The molecule has 0 spiro atoms. The molecule has 0 radical (unpaired) electrons. The molecule has 0 aliphatic rings. The van der Waals surface area contributed by atoms with Gasteiger partial charge in [0.25, 0.3) is 0 Å². The molecule has 1 amide bonds. The standard InChI is InChI=1S/C10H8F4N2O3/c11-7-5(10(12,13)14)1-3-15-8(7)6(17)2-4-16-9(18)19/h1,3,16H,2,4H2,(H,18,19). The summed E-state index contributed by atoms with van der Waals surface area (Å²) < 4.78 is 50.6. The maximum absolute atomic E-state index is 13.5. The number of nitrogens with one attached hydrogen (secondary N) is 1. The van der Waals surface area contributed by atoms with Crippen molar-refractivity contribution in [2.24, 2.45) is 0 Å². The van der Waals surface area contributed by atoms with E-state index in [0.717, 1.165) is 0 Å². The zero-order valence-electron chi connectivity index (χ0n) is 9.29. The second-order valence-electron chi connectivity index (χ2n) is 3.42. The Hall–Kier alpha value is -2.19. The summed E-state index contributed by atoms with van der Waals surface area (Å²) >= 11 is 0. The van der Waals surface area contributed by atoms with Crippen molar-refractivity contribution in [3.05, 3.63) is 29.3 Å². The average Bonchev–Trinajstić information content (AvgIpc) is 2.26. The monoisotopic (exact) mass is 280 g/mol. The number of halogens is 4. The van der Waals surface area contributed by atoms with E-state index in [4.69, 9.17) is 5.11 Å². The van der Waals surface area contributed by atoms with Gasteiger partial charge in [-0.3, -0.25) is 4.79 Å². The Bertz CT molecular complexity index is 502. The number of carboxylic acid groups (broad SMARTS) is 1. The van der Waals surface area contributed by atoms with Gasteiger partial charge in [-0.25, -0.2) is 14.2 Å². The maximum atomic E-state index is 13.5. The van der Waals surface area contributed by atoms with Crippen LogP contribution >= 0.6 is 0 Å². The van der Waals surface area contributed by atoms with Gasteiger partial charge < -0.3 is 10.4 Å². The lowest BCUT2D eigenvalue weighted by molar-refractivity contribution is -0.140. The zero-order chi connectivity index (χ0) is 14.6. The van der Waals surface area contributed by atoms with Crippen molar-refractivity contribution in [1.29, 1.82) is 0 Å². The van der Waals surface area contributed by atoms with E-state index in [-0.39, 0.29) is 6.54 Å². The molecule has 0 fully saturated rings. The van der Waals surface area contributed by atoms with Gasteiger partial charge in [0.1, 0.15) is 5.69 Å². The van der Waals surface area contributed by atoms with E-state index in [1.54, 1.807) is 0 Å². The van der Waals surface area contributed by atoms with Crippen molar-refractivity contribution < 1.29 is 32.3 Å². The summed E-state index contributed by atoms with van der Waals surface area (Å²) in [5, 5.41) is 10.1. The molecule has 1 aromatic heterocycles. The highest BCUT2D eigenvalue weighted by Crippen LogP contribution is 2.31. The fourth-order valence-electron chi connectivity index (χ4n) is 1.26. The third-order valence-corrected chi connectivity index (χ3v) is 2.09. The highest BCUT2D eigenvalue weighted by atomic mass is 19.4. The Morgan fingerprint density at radius 3 is 2.53 bits per heavy atom. The predicted molar refractivity (Wildman–Crippen MR) is 54.2 cm³/mol. The first-order valence-corrected chi connectivity index (χ1v) is 4.95. The number of hydrogen-bond acceptors (Lipinski definition) is 3. The van der Waals surface area contributed by atoms with Gasteiger partial charge in [-0.05, 0) is 6.07 Å². The van der Waals surface area contributed by atoms with Crippen LogP contribution in [0.3, 0.4) is 0 Å². The van der Waals surface area contributed by atoms with Gasteiger partial charge in [-0.1, -0.05) is 0 Å². The second-order valence-corrected chi connectivity index (χ2v) is 3.42. The molecule has 0 saturated carbocycles. The van der Waals surface area contributed by atoms with E-state index >= 15 is 0 Å². The number of Topliss-reactive ketones (excluding diaryl/α,β-unsaturated/α-hetero) is 1. The third-order valence-electron chi connectivity index (χ3n) is 2.09. The molecule has 1 aromatic rings. The lowest BCUT2D eigenvalue weighted by Gasteiger charge is -2.09. The molecule has 0 saturated heterocycles. The van der Waals surface area contributed by atoms with E-state index in [0.29, 0.717) is 12.3 Å². The van der Waals surface area contributed by atoms with Gasteiger partial charge in [-0.2, -0.15) is 13.2 Å². The van der Waals surface area contributed by atoms with E-state index in [1.165, 1.54) is 0 Å². The number of aromatic nitrogens is 1. The molecule has 0 aromatic carbocycles. The number of ketones is 1. The van der Waals surface area contributed by atoms with Crippen LogP contribution in [0.5, 0.6) is 0 Å². The van der Waals surface area contributed by atoms with Crippen LogP contribution in [0, 0.1) is 5.82 Å². The molecule has 2 N–H and O–H groups in total. The van der Waals surface area contributed by atoms with E-state index in [2.05, 4.69) is 4.98 Å². The topological polar surface area (TPSA) is 79.3 Å². The van der Waals surface area contributed by atoms with Crippen LogP contribution in [0.15, 0.2) is 12.3 Å². The van der Waals surface area contributed by atoms with Crippen molar-refractivity contribution in [2.75, 3.05) is 6.54 Å². The number of amides is 1. The Labute approximate surface area is 104 Å². The summed E-state index contributed by atoms with van der Waals surface area (Å²) in [5.41, 5.74) is -2.54. The number of nitrogens with zero attached hydrogens (tertiary/aromatic N) is 1. The van der Waals surface area contributed by atoms with Gasteiger partial charge in [0, 0.05) is 19.2 Å². The van der Waals surface area contributed by atoms with E-state index < -0.39 is 41.5 Å². The first-order valence-electron chi connectivity index (χ1n) is 4.95. The molecule has 19 heavy (non-hydrogen) atoms. The molecule has 9 heteroatoms. The summed E-state index contributed by atoms with van der Waals surface area (Å²) in [7, 11) is 0. The lowest BCUT2D eigenvalue weighted by Crippen LogP contribution is -2.24. The molecule has 0 aliphatic heterocycles. The number of hydrogen-bond donors (Lipinski definition) is 2. The largest absolute Gasteiger partial charge is 0.465 e. The summed E-state index contributed by atoms with van der Waals surface area (Å²) in [6.45, 7) is -0.342. The first-order chi connectivity index (χ1) is 8.73. The van der Waals surface area contributed by atoms with Crippen LogP contribution in [0.2, 0.25) is 0 Å². The minimum atomic E-state index is -4.93. The van der Waals surface area contributed by atoms with Crippen molar-refractivity contribution >= 4 is 11.9 Å². The van der Waals surface area contributed by atoms with Gasteiger partial charge in [0.2, 0.25) is 0 Å². The Morgan fingerprint density at radius 1 is 1.37 bits per heavy atom. The second kappa shape index (κ2) is 5.63. The smallest absolute Gasteiger partial charge is 0.419 e. The van der Waals surface area contributed by atoms with Crippen LogP contribution < -0.4 is 5.32 Å². The highest BCUT2D eigenvalue weighted by Gasteiger charge is 2.36. The van der Waals surface area contributed by atoms with Crippen LogP contribution in [0.4, 0.5) is 22.4 Å². The van der Waals surface area contributed by atoms with Gasteiger partial charge in [0.15, 0.2) is 11.6 Å². The lowest BCUT2D eigenvalue weighted by atomic mass is 10.1. The summed E-state index contributed by atoms with van der Waals surface area (Å²) in [6.07, 6.45) is -6.15. The van der Waals surface area contributed by atoms with Crippen LogP contribution in [0.1, 0.15) is 22.5 Å². The molecular weight excluding hydrogens is 272 g/mol. The summed E-state index contributed by atoms with van der Waals surface area (Å²) in [6, 6.07) is 0.418. The minimum absolute atomic E-state index is 0.342. The Balaban J connectivity index is 2.90. The molecule has 104 valence electrons. The fraction of sp³-hybridized carbons (Fsp3) is 0.300. The van der Waals surface area contributed by atoms with Crippen molar-refractivity contribution in [3.8, 4) is 0 Å². The van der Waals surface area contributed by atoms with E-state index in [9.17, 15) is 27.2 Å². The molecule has 0 unspecified atom stereocenters. The molecule has 0 atom stereocenters.